The van der Waals surface area contributed by atoms with E-state index >= 15 is 0 Å². The van der Waals surface area contributed by atoms with Gasteiger partial charge < -0.3 is 9.32 Å². The fourth-order valence-electron chi connectivity index (χ4n) is 3.23. The topological polar surface area (TPSA) is 93.4 Å². The maximum atomic E-state index is 12.5. The summed E-state index contributed by atoms with van der Waals surface area (Å²) in [6.45, 7) is 5.25. The molecule has 2 heterocycles. The van der Waals surface area contributed by atoms with E-state index in [4.69, 9.17) is 16.0 Å². The lowest BCUT2D eigenvalue weighted by Gasteiger charge is -2.34. The minimum absolute atomic E-state index is 0.0629. The summed E-state index contributed by atoms with van der Waals surface area (Å²) >= 11 is 5.82. The second-order valence-corrected chi connectivity index (χ2v) is 9.19. The fourth-order valence-corrected chi connectivity index (χ4v) is 4.36. The van der Waals surface area contributed by atoms with E-state index in [0.29, 0.717) is 35.5 Å². The molecule has 0 radical (unpaired) electrons. The van der Waals surface area contributed by atoms with Gasteiger partial charge in [-0.2, -0.15) is 0 Å². The van der Waals surface area contributed by atoms with Gasteiger partial charge in [-0.15, -0.1) is 5.10 Å². The van der Waals surface area contributed by atoms with Gasteiger partial charge in [0.2, 0.25) is 21.6 Å². The quantitative estimate of drug-likeness (QED) is 0.787. The van der Waals surface area contributed by atoms with Crippen molar-refractivity contribution in [3.05, 3.63) is 29.3 Å². The number of benzene rings is 1. The molecule has 26 heavy (non-hydrogen) atoms. The first kappa shape index (κ1) is 18.8. The number of hydrogen-bond acceptors (Lipinski definition) is 6. The van der Waals surface area contributed by atoms with Crippen molar-refractivity contribution in [1.29, 1.82) is 0 Å². The van der Waals surface area contributed by atoms with Crippen LogP contribution in [0.2, 0.25) is 5.02 Å². The molecule has 0 bridgehead atoms. The largest absolute Gasteiger partial charge is 0.408 e. The van der Waals surface area contributed by atoms with Crippen molar-refractivity contribution in [2.45, 2.75) is 25.5 Å². The predicted octanol–water partition coefficient (Wildman–Crippen LogP) is 2.67. The zero-order valence-electron chi connectivity index (χ0n) is 14.6. The van der Waals surface area contributed by atoms with Crippen LogP contribution in [0.25, 0.3) is 11.5 Å². The summed E-state index contributed by atoms with van der Waals surface area (Å²) in [5.41, 5.74) is 0.549. The summed E-state index contributed by atoms with van der Waals surface area (Å²) in [7, 11) is -4.00. The van der Waals surface area contributed by atoms with Crippen LogP contribution in [-0.2, 0) is 14.6 Å². The zero-order chi connectivity index (χ0) is 18.9. The van der Waals surface area contributed by atoms with Crippen molar-refractivity contribution < 1.29 is 17.6 Å². The molecule has 1 aliphatic heterocycles. The van der Waals surface area contributed by atoms with Gasteiger partial charge in [0.05, 0.1) is 0 Å². The summed E-state index contributed by atoms with van der Waals surface area (Å²) in [5.74, 6) is -0.340. The fraction of sp³-hybridized carbons (Fsp3) is 0.471. The molecule has 0 spiro atoms. The van der Waals surface area contributed by atoms with Crippen molar-refractivity contribution in [2.24, 2.45) is 11.8 Å². The minimum atomic E-state index is -4.00. The van der Waals surface area contributed by atoms with Crippen LogP contribution >= 0.6 is 11.6 Å². The number of amides is 1. The first-order valence-electron chi connectivity index (χ1n) is 8.34. The van der Waals surface area contributed by atoms with Crippen LogP contribution in [0.3, 0.4) is 0 Å². The van der Waals surface area contributed by atoms with E-state index in [1.807, 2.05) is 0 Å². The highest BCUT2D eigenvalue weighted by atomic mass is 35.5. The molecular formula is C17H20ClN3O4S. The third kappa shape index (κ3) is 4.24. The monoisotopic (exact) mass is 397 g/mol. The average Bonchev–Trinajstić information content (AvgIpc) is 3.05. The van der Waals surface area contributed by atoms with Crippen LogP contribution in [0.15, 0.2) is 33.9 Å². The second-order valence-electron chi connectivity index (χ2n) is 6.88. The lowest BCUT2D eigenvalue weighted by atomic mass is 9.92. The number of carbonyl (C=O) groups excluding carboxylic acids is 1. The molecule has 0 aliphatic carbocycles. The van der Waals surface area contributed by atoms with Gasteiger partial charge in [-0.1, -0.05) is 30.5 Å². The normalized spacial score (nSPS) is 21.0. The van der Waals surface area contributed by atoms with Crippen molar-refractivity contribution in [3.8, 4) is 11.5 Å². The van der Waals surface area contributed by atoms with E-state index in [9.17, 15) is 13.2 Å². The predicted molar refractivity (Wildman–Crippen MR) is 96.3 cm³/mol. The van der Waals surface area contributed by atoms with Crippen LogP contribution in [0.5, 0.6) is 0 Å². The van der Waals surface area contributed by atoms with Gasteiger partial charge in [0.15, 0.2) is 0 Å². The van der Waals surface area contributed by atoms with E-state index in [0.717, 1.165) is 6.42 Å². The first-order chi connectivity index (χ1) is 12.2. The molecule has 7 nitrogen and oxygen atoms in total. The molecule has 1 aromatic carbocycles. The number of rotatable bonds is 4. The molecule has 1 amide bonds. The Morgan fingerprint density at radius 2 is 1.81 bits per heavy atom. The molecule has 9 heteroatoms. The lowest BCUT2D eigenvalue weighted by Crippen LogP contribution is -2.44. The van der Waals surface area contributed by atoms with Gasteiger partial charge in [-0.05, 0) is 42.5 Å². The van der Waals surface area contributed by atoms with Crippen LogP contribution in [0.1, 0.15) is 20.3 Å². The highest BCUT2D eigenvalue weighted by molar-refractivity contribution is 7.91. The molecule has 2 aromatic rings. The Labute approximate surface area is 157 Å². The maximum absolute atomic E-state index is 12.5. The Hall–Kier alpha value is -1.93. The Morgan fingerprint density at radius 1 is 1.19 bits per heavy atom. The summed E-state index contributed by atoms with van der Waals surface area (Å²) in [5, 5.41) is 7.36. The summed E-state index contributed by atoms with van der Waals surface area (Å²) in [4.78, 5) is 14.0. The number of aromatic nitrogens is 2. The van der Waals surface area contributed by atoms with Crippen LogP contribution < -0.4 is 0 Å². The van der Waals surface area contributed by atoms with Crippen LogP contribution in [0.4, 0.5) is 0 Å². The number of sulfone groups is 1. The van der Waals surface area contributed by atoms with Gasteiger partial charge in [-0.25, -0.2) is 8.42 Å². The minimum Gasteiger partial charge on any atom is -0.408 e. The number of carbonyl (C=O) groups is 1. The smallest absolute Gasteiger partial charge is 0.336 e. The van der Waals surface area contributed by atoms with Crippen LogP contribution in [-0.4, -0.2) is 48.3 Å². The molecule has 2 atom stereocenters. The molecular weight excluding hydrogens is 378 g/mol. The highest BCUT2D eigenvalue weighted by Gasteiger charge is 2.31. The van der Waals surface area contributed by atoms with Gasteiger partial charge >= 0.3 is 5.22 Å². The molecule has 1 aromatic heterocycles. The van der Waals surface area contributed by atoms with Gasteiger partial charge in [0.1, 0.15) is 5.75 Å². The first-order valence-corrected chi connectivity index (χ1v) is 10.4. The maximum Gasteiger partial charge on any atom is 0.336 e. The van der Waals surface area contributed by atoms with Crippen LogP contribution in [0, 0.1) is 11.8 Å². The number of nitrogens with zero attached hydrogens (tertiary/aromatic N) is 3. The van der Waals surface area contributed by atoms with E-state index in [1.165, 1.54) is 0 Å². The van der Waals surface area contributed by atoms with Gasteiger partial charge in [0, 0.05) is 23.7 Å². The zero-order valence-corrected chi connectivity index (χ0v) is 16.1. The van der Waals surface area contributed by atoms with E-state index in [2.05, 4.69) is 24.0 Å². The highest BCUT2D eigenvalue weighted by Crippen LogP contribution is 2.24. The van der Waals surface area contributed by atoms with Gasteiger partial charge in [0.25, 0.3) is 0 Å². The summed E-state index contributed by atoms with van der Waals surface area (Å²) in [6.07, 6.45) is 1.03. The second kappa shape index (κ2) is 7.36. The SMILES string of the molecule is CC1CC(C)CN(C(=O)CS(=O)(=O)c2nnc(-c3ccc(Cl)cc3)o2)C1. The summed E-state index contributed by atoms with van der Waals surface area (Å²) in [6, 6.07) is 6.57. The van der Waals surface area contributed by atoms with Crippen molar-refractivity contribution in [3.63, 3.8) is 0 Å². The Balaban J connectivity index is 1.74. The molecule has 3 rings (SSSR count). The molecule has 1 aliphatic rings. The third-order valence-corrected chi connectivity index (χ3v) is 5.87. The van der Waals surface area contributed by atoms with Crippen molar-refractivity contribution >= 4 is 27.3 Å². The third-order valence-electron chi connectivity index (χ3n) is 4.30. The molecule has 1 fully saturated rings. The molecule has 140 valence electrons. The van der Waals surface area contributed by atoms with E-state index in [1.54, 1.807) is 29.2 Å². The summed E-state index contributed by atoms with van der Waals surface area (Å²) < 4.78 is 30.2. The Kier molecular flexibility index (Phi) is 5.34. The number of likely N-dealkylation sites (tertiary alicyclic amines) is 1. The molecule has 2 unspecified atom stereocenters. The standard InChI is InChI=1S/C17H20ClN3O4S/c1-11-7-12(2)9-21(8-11)15(22)10-26(23,24)17-20-19-16(25-17)13-3-5-14(18)6-4-13/h3-6,11-12H,7-10H2,1-2H3. The molecule has 0 N–H and O–H groups in total. The van der Waals surface area contributed by atoms with E-state index < -0.39 is 26.7 Å². The molecule has 1 saturated heterocycles. The van der Waals surface area contributed by atoms with E-state index in [-0.39, 0.29) is 5.89 Å². The number of hydrogen-bond donors (Lipinski definition) is 0. The number of piperidine rings is 1. The molecule has 0 saturated carbocycles. The average molecular weight is 398 g/mol. The van der Waals surface area contributed by atoms with Crippen molar-refractivity contribution in [1.82, 2.24) is 15.1 Å². The Bertz CT molecular complexity index is 885. The lowest BCUT2D eigenvalue weighted by molar-refractivity contribution is -0.131. The number of halogens is 1. The van der Waals surface area contributed by atoms with Gasteiger partial charge in [-0.3, -0.25) is 4.79 Å². The Morgan fingerprint density at radius 3 is 2.42 bits per heavy atom. The van der Waals surface area contributed by atoms with Crippen molar-refractivity contribution in [2.75, 3.05) is 18.8 Å².